The zero-order valence-electron chi connectivity index (χ0n) is 7.48. The molecule has 0 aliphatic rings. The van der Waals surface area contributed by atoms with Crippen LogP contribution in [-0.2, 0) is 19.4 Å². The van der Waals surface area contributed by atoms with Gasteiger partial charge < -0.3 is 4.74 Å². The first-order valence-electron chi connectivity index (χ1n) is 3.44. The van der Waals surface area contributed by atoms with E-state index in [0.29, 0.717) is 11.5 Å². The van der Waals surface area contributed by atoms with Crippen molar-refractivity contribution in [1.82, 2.24) is 0 Å². The SMILES string of the molecule is CS(=O)(=O)/C=C/C(N)OC(=O)C(F)(F)F. The molecule has 0 saturated carbocycles. The molecule has 0 spiro atoms. The van der Waals surface area contributed by atoms with Crippen LogP contribution in [0.2, 0.25) is 0 Å². The first-order chi connectivity index (χ1) is 6.52. The number of carbonyl (C=O) groups excluding carboxylic acids is 1. The van der Waals surface area contributed by atoms with Crippen molar-refractivity contribution >= 4 is 15.8 Å². The second kappa shape index (κ2) is 4.62. The average molecular weight is 247 g/mol. The van der Waals surface area contributed by atoms with Crippen LogP contribution in [0.4, 0.5) is 13.2 Å². The largest absolute Gasteiger partial charge is 0.490 e. The summed E-state index contributed by atoms with van der Waals surface area (Å²) in [5, 5.41) is 0.543. The Bertz CT molecular complexity index is 359. The highest BCUT2D eigenvalue weighted by atomic mass is 32.2. The fourth-order valence-corrected chi connectivity index (χ4v) is 0.890. The van der Waals surface area contributed by atoms with Crippen molar-refractivity contribution < 1.29 is 31.1 Å². The van der Waals surface area contributed by atoms with Crippen molar-refractivity contribution in [3.8, 4) is 0 Å². The van der Waals surface area contributed by atoms with Crippen LogP contribution in [0.25, 0.3) is 0 Å². The summed E-state index contributed by atoms with van der Waals surface area (Å²) in [5.41, 5.74) is 4.88. The molecule has 0 radical (unpaired) electrons. The Morgan fingerprint density at radius 2 is 1.93 bits per heavy atom. The van der Waals surface area contributed by atoms with Gasteiger partial charge in [0.15, 0.2) is 16.1 Å². The zero-order valence-corrected chi connectivity index (χ0v) is 8.30. The van der Waals surface area contributed by atoms with Gasteiger partial charge >= 0.3 is 12.1 Å². The molecule has 0 aromatic carbocycles. The van der Waals surface area contributed by atoms with Gasteiger partial charge in [-0.05, 0) is 6.08 Å². The van der Waals surface area contributed by atoms with Crippen LogP contribution >= 0.6 is 0 Å². The summed E-state index contributed by atoms with van der Waals surface area (Å²) >= 11 is 0. The summed E-state index contributed by atoms with van der Waals surface area (Å²) in [4.78, 5) is 10.2. The van der Waals surface area contributed by atoms with E-state index >= 15 is 0 Å². The third kappa shape index (κ3) is 6.91. The summed E-state index contributed by atoms with van der Waals surface area (Å²) in [5.74, 6) is -2.48. The van der Waals surface area contributed by atoms with Gasteiger partial charge in [0.1, 0.15) is 0 Å². The average Bonchev–Trinajstić information content (AvgIpc) is 1.97. The predicted octanol–water partition coefficient (Wildman–Crippen LogP) is -0.0650. The highest BCUT2D eigenvalue weighted by molar-refractivity contribution is 7.93. The molecular formula is C6H8F3NO4S. The number of sulfone groups is 1. The summed E-state index contributed by atoms with van der Waals surface area (Å²) in [6, 6.07) is 0. The van der Waals surface area contributed by atoms with Crippen molar-refractivity contribution in [1.29, 1.82) is 0 Å². The number of esters is 1. The van der Waals surface area contributed by atoms with Crippen LogP contribution in [0.15, 0.2) is 11.5 Å². The summed E-state index contributed by atoms with van der Waals surface area (Å²) < 4.78 is 59.5. The first-order valence-corrected chi connectivity index (χ1v) is 5.39. The van der Waals surface area contributed by atoms with E-state index in [1.807, 2.05) is 0 Å². The van der Waals surface area contributed by atoms with Gasteiger partial charge in [0.05, 0.1) is 0 Å². The molecule has 0 aliphatic heterocycles. The first kappa shape index (κ1) is 13.9. The molecule has 0 saturated heterocycles. The summed E-state index contributed by atoms with van der Waals surface area (Å²) in [6.45, 7) is 0. The molecule has 0 bridgehead atoms. The Morgan fingerprint density at radius 3 is 2.27 bits per heavy atom. The van der Waals surface area contributed by atoms with Crippen LogP contribution in [0.1, 0.15) is 0 Å². The van der Waals surface area contributed by atoms with Gasteiger partial charge in [-0.1, -0.05) is 0 Å². The lowest BCUT2D eigenvalue weighted by molar-refractivity contribution is -0.202. The summed E-state index contributed by atoms with van der Waals surface area (Å²) in [7, 11) is -3.52. The van der Waals surface area contributed by atoms with Gasteiger partial charge in [-0.15, -0.1) is 0 Å². The molecule has 9 heteroatoms. The number of alkyl halides is 3. The number of rotatable bonds is 3. The van der Waals surface area contributed by atoms with Crippen molar-refractivity contribution in [2.75, 3.05) is 6.26 Å². The Balaban J connectivity index is 4.35. The van der Waals surface area contributed by atoms with Crippen LogP contribution in [0.3, 0.4) is 0 Å². The third-order valence-corrected chi connectivity index (χ3v) is 1.64. The van der Waals surface area contributed by atoms with Gasteiger partial charge in [-0.2, -0.15) is 13.2 Å². The fourth-order valence-electron chi connectivity index (χ4n) is 0.450. The molecule has 0 fully saturated rings. The smallest absolute Gasteiger partial charge is 0.436 e. The minimum Gasteiger partial charge on any atom is -0.436 e. The van der Waals surface area contributed by atoms with Gasteiger partial charge in [0, 0.05) is 11.7 Å². The van der Waals surface area contributed by atoms with Crippen LogP contribution < -0.4 is 5.73 Å². The number of hydrogen-bond acceptors (Lipinski definition) is 5. The predicted molar refractivity (Wildman–Crippen MR) is 44.1 cm³/mol. The van der Waals surface area contributed by atoms with Crippen molar-refractivity contribution in [2.45, 2.75) is 12.4 Å². The van der Waals surface area contributed by atoms with Crippen molar-refractivity contribution in [3.63, 3.8) is 0 Å². The maximum Gasteiger partial charge on any atom is 0.490 e. The van der Waals surface area contributed by atoms with Crippen molar-refractivity contribution in [2.24, 2.45) is 5.73 Å². The lowest BCUT2D eigenvalue weighted by atomic mass is 10.5. The Morgan fingerprint density at radius 1 is 1.47 bits per heavy atom. The molecule has 15 heavy (non-hydrogen) atoms. The van der Waals surface area contributed by atoms with Crippen molar-refractivity contribution in [3.05, 3.63) is 11.5 Å². The number of nitrogens with two attached hydrogens (primary N) is 1. The van der Waals surface area contributed by atoms with Gasteiger partial charge in [0.25, 0.3) is 0 Å². The molecule has 2 N–H and O–H groups in total. The van der Waals surface area contributed by atoms with Crippen LogP contribution in [0.5, 0.6) is 0 Å². The summed E-state index contributed by atoms with van der Waals surface area (Å²) in [6.07, 6.45) is -5.48. The maximum absolute atomic E-state index is 11.6. The molecule has 88 valence electrons. The van der Waals surface area contributed by atoms with E-state index in [1.165, 1.54) is 0 Å². The second-order valence-corrected chi connectivity index (χ2v) is 4.46. The van der Waals surface area contributed by atoms with E-state index < -0.39 is 28.2 Å². The van der Waals surface area contributed by atoms with E-state index in [1.54, 1.807) is 0 Å². The minimum atomic E-state index is -5.16. The second-order valence-electron chi connectivity index (χ2n) is 2.53. The molecule has 0 aliphatic carbocycles. The Hall–Kier alpha value is -1.09. The Labute approximate surface area is 83.6 Å². The molecule has 0 amide bonds. The van der Waals surface area contributed by atoms with E-state index in [9.17, 15) is 26.4 Å². The molecule has 5 nitrogen and oxygen atoms in total. The fraction of sp³-hybridized carbons (Fsp3) is 0.500. The molecule has 0 heterocycles. The highest BCUT2D eigenvalue weighted by Gasteiger charge is 2.41. The maximum atomic E-state index is 11.6. The zero-order chi connectivity index (χ0) is 12.3. The van der Waals surface area contributed by atoms with E-state index in [0.717, 1.165) is 6.26 Å². The Kier molecular flexibility index (Phi) is 4.28. The third-order valence-electron chi connectivity index (χ3n) is 0.990. The number of ether oxygens (including phenoxy) is 1. The van der Waals surface area contributed by atoms with Crippen LogP contribution in [0, 0.1) is 0 Å². The minimum absolute atomic E-state index is 0.543. The molecule has 1 atom stereocenters. The topological polar surface area (TPSA) is 86.5 Å². The molecule has 0 aromatic heterocycles. The molecular weight excluding hydrogens is 239 g/mol. The number of halogens is 3. The van der Waals surface area contributed by atoms with Gasteiger partial charge in [0.2, 0.25) is 0 Å². The molecule has 0 aromatic rings. The molecule has 0 rings (SSSR count). The number of hydrogen-bond donors (Lipinski definition) is 1. The molecule has 1 unspecified atom stereocenters. The van der Waals surface area contributed by atoms with E-state index in [4.69, 9.17) is 5.73 Å². The van der Waals surface area contributed by atoms with E-state index in [2.05, 4.69) is 4.74 Å². The highest BCUT2D eigenvalue weighted by Crippen LogP contribution is 2.16. The number of carbonyl (C=O) groups is 1. The van der Waals surface area contributed by atoms with Gasteiger partial charge in [-0.25, -0.2) is 13.2 Å². The lowest BCUT2D eigenvalue weighted by Crippen LogP contribution is -2.33. The van der Waals surface area contributed by atoms with E-state index in [-0.39, 0.29) is 0 Å². The normalized spacial score (nSPS) is 15.3. The monoisotopic (exact) mass is 247 g/mol. The van der Waals surface area contributed by atoms with Gasteiger partial charge in [-0.3, -0.25) is 5.73 Å². The standard InChI is InChI=1S/C6H8F3NO4S/c1-15(12,13)3-2-4(10)14-5(11)6(7,8)9/h2-4H,10H2,1H3/b3-2+. The quantitative estimate of drug-likeness (QED) is 0.557. The lowest BCUT2D eigenvalue weighted by Gasteiger charge is -2.10. The van der Waals surface area contributed by atoms with Crippen LogP contribution in [-0.4, -0.2) is 33.0 Å².